The molecule has 1 heterocycles. The molecule has 6 unspecified atom stereocenters. The minimum atomic E-state index is -1.89. The SMILES string of the molecule is CCCCCCCCCCCCCCCCCCCCCC(=O)OCC(COC1OC(C(=O)O)C(O)C(O)C1OC(=O)CCCCCCCCCCCCCCCCC)OC(=O)CCCCCCCCCCC. The molecule has 0 spiro atoms. The van der Waals surface area contributed by atoms with E-state index in [1.54, 1.807) is 0 Å². The third-order valence-corrected chi connectivity index (χ3v) is 14.7. The number of carbonyl (C=O) groups excluding carboxylic acids is 3. The van der Waals surface area contributed by atoms with E-state index in [9.17, 15) is 34.5 Å². The molecule has 0 saturated carbocycles. The normalized spacial score (nSPS) is 18.2. The first-order valence-corrected chi connectivity index (χ1v) is 31.0. The first-order chi connectivity index (χ1) is 35.6. The summed E-state index contributed by atoms with van der Waals surface area (Å²) in [7, 11) is 0. The monoisotopic (exact) mass is 1040 g/mol. The molecule has 3 N–H and O–H groups in total. The molecule has 0 amide bonds. The van der Waals surface area contributed by atoms with Gasteiger partial charge in [0, 0.05) is 19.3 Å². The number of hydrogen-bond donors (Lipinski definition) is 3. The van der Waals surface area contributed by atoms with E-state index >= 15 is 0 Å². The van der Waals surface area contributed by atoms with E-state index in [2.05, 4.69) is 20.8 Å². The van der Waals surface area contributed by atoms with Crippen molar-refractivity contribution in [2.45, 2.75) is 353 Å². The van der Waals surface area contributed by atoms with Gasteiger partial charge in [-0.05, 0) is 19.3 Å². The maximum atomic E-state index is 13.1. The molecular weight excluding hydrogens is 925 g/mol. The van der Waals surface area contributed by atoms with Crippen LogP contribution in [0.3, 0.4) is 0 Å². The van der Waals surface area contributed by atoms with Crippen molar-refractivity contribution in [3.05, 3.63) is 0 Å². The summed E-state index contributed by atoms with van der Waals surface area (Å²) in [4.78, 5) is 51.0. The van der Waals surface area contributed by atoms with Crippen molar-refractivity contribution in [2.75, 3.05) is 13.2 Å². The maximum Gasteiger partial charge on any atom is 0.335 e. The molecule has 430 valence electrons. The van der Waals surface area contributed by atoms with Crippen LogP contribution >= 0.6 is 0 Å². The van der Waals surface area contributed by atoms with Crippen LogP contribution in [0.5, 0.6) is 0 Å². The smallest absolute Gasteiger partial charge is 0.335 e. The third kappa shape index (κ3) is 40.6. The maximum absolute atomic E-state index is 13.1. The van der Waals surface area contributed by atoms with Crippen LogP contribution in [0.2, 0.25) is 0 Å². The van der Waals surface area contributed by atoms with Gasteiger partial charge in [-0.25, -0.2) is 4.79 Å². The van der Waals surface area contributed by atoms with Crippen molar-refractivity contribution in [1.82, 2.24) is 0 Å². The van der Waals surface area contributed by atoms with Gasteiger partial charge in [-0.1, -0.05) is 278 Å². The molecule has 12 nitrogen and oxygen atoms in total. The lowest BCUT2D eigenvalue weighted by Gasteiger charge is -2.40. The van der Waals surface area contributed by atoms with Crippen LogP contribution in [-0.2, 0) is 42.9 Å². The number of ether oxygens (including phenoxy) is 5. The number of aliphatic hydroxyl groups excluding tert-OH is 2. The Morgan fingerprint density at radius 1 is 0.397 bits per heavy atom. The summed E-state index contributed by atoms with van der Waals surface area (Å²) >= 11 is 0. The van der Waals surface area contributed by atoms with E-state index in [4.69, 9.17) is 23.7 Å². The summed E-state index contributed by atoms with van der Waals surface area (Å²) in [5.74, 6) is -3.07. The van der Waals surface area contributed by atoms with Crippen LogP contribution in [0.15, 0.2) is 0 Å². The summed E-state index contributed by atoms with van der Waals surface area (Å²) in [6, 6.07) is 0. The molecule has 1 fully saturated rings. The molecule has 1 aliphatic heterocycles. The molecule has 0 radical (unpaired) electrons. The summed E-state index contributed by atoms with van der Waals surface area (Å²) in [5, 5.41) is 31.5. The molecule has 0 aliphatic carbocycles. The highest BCUT2D eigenvalue weighted by molar-refractivity contribution is 5.74. The number of unbranched alkanes of at least 4 members (excludes halogenated alkanes) is 40. The van der Waals surface area contributed by atoms with Crippen molar-refractivity contribution in [3.8, 4) is 0 Å². The van der Waals surface area contributed by atoms with Crippen LogP contribution in [0.25, 0.3) is 0 Å². The summed E-state index contributed by atoms with van der Waals surface area (Å²) < 4.78 is 28.4. The zero-order valence-electron chi connectivity index (χ0n) is 47.4. The lowest BCUT2D eigenvalue weighted by molar-refractivity contribution is -0.301. The Labute approximate surface area is 446 Å². The largest absolute Gasteiger partial charge is 0.479 e. The lowest BCUT2D eigenvalue weighted by Crippen LogP contribution is -2.61. The zero-order chi connectivity index (χ0) is 53.3. The van der Waals surface area contributed by atoms with Gasteiger partial charge < -0.3 is 39.0 Å². The second-order valence-corrected chi connectivity index (χ2v) is 21.7. The van der Waals surface area contributed by atoms with Crippen molar-refractivity contribution >= 4 is 23.9 Å². The van der Waals surface area contributed by atoms with Crippen LogP contribution in [0.1, 0.15) is 316 Å². The van der Waals surface area contributed by atoms with Gasteiger partial charge in [0.05, 0.1) is 6.61 Å². The summed E-state index contributed by atoms with van der Waals surface area (Å²) in [6.45, 7) is 6.02. The highest BCUT2D eigenvalue weighted by Gasteiger charge is 2.50. The molecule has 1 aliphatic rings. The molecular formula is C61H114O12. The second kappa shape index (κ2) is 50.5. The van der Waals surface area contributed by atoms with E-state index in [-0.39, 0.29) is 25.9 Å². The third-order valence-electron chi connectivity index (χ3n) is 14.7. The topological polar surface area (TPSA) is 175 Å². The van der Waals surface area contributed by atoms with Crippen molar-refractivity contribution in [2.24, 2.45) is 0 Å². The number of esters is 3. The second-order valence-electron chi connectivity index (χ2n) is 21.7. The summed E-state index contributed by atoms with van der Waals surface area (Å²) in [6.07, 6.45) is 42.3. The number of aliphatic carboxylic acids is 1. The van der Waals surface area contributed by atoms with E-state index in [1.807, 2.05) is 0 Å². The van der Waals surface area contributed by atoms with Crippen molar-refractivity contribution < 1.29 is 58.2 Å². The fraction of sp³-hybridized carbons (Fsp3) is 0.934. The number of hydrogen-bond acceptors (Lipinski definition) is 11. The fourth-order valence-electron chi connectivity index (χ4n) is 9.90. The average Bonchev–Trinajstić information content (AvgIpc) is 3.37. The van der Waals surface area contributed by atoms with Gasteiger partial charge in [-0.3, -0.25) is 14.4 Å². The standard InChI is InChI=1S/C61H114O12/c1-4-7-10-13-16-19-21-23-25-26-27-28-30-31-33-36-38-41-44-47-53(62)69-50-52(71-54(63)48-45-42-39-35-18-15-12-9-6-3)51-70-61-59(57(66)56(65)58(73-61)60(67)68)72-55(64)49-46-43-40-37-34-32-29-24-22-20-17-14-11-8-5-2/h52,56-59,61,65-66H,4-51H2,1-3H3,(H,67,68). The van der Waals surface area contributed by atoms with Crippen molar-refractivity contribution in [1.29, 1.82) is 0 Å². The first-order valence-electron chi connectivity index (χ1n) is 31.0. The Morgan fingerprint density at radius 3 is 1.03 bits per heavy atom. The van der Waals surface area contributed by atoms with Gasteiger partial charge in [0.15, 0.2) is 24.6 Å². The van der Waals surface area contributed by atoms with Crippen LogP contribution in [0.4, 0.5) is 0 Å². The number of carboxylic acids is 1. The fourth-order valence-corrected chi connectivity index (χ4v) is 9.90. The Kier molecular flexibility index (Phi) is 47.6. The zero-order valence-corrected chi connectivity index (χ0v) is 47.4. The quantitative estimate of drug-likeness (QED) is 0.0299. The molecule has 0 bridgehead atoms. The van der Waals surface area contributed by atoms with Crippen molar-refractivity contribution in [3.63, 3.8) is 0 Å². The molecule has 1 saturated heterocycles. The van der Waals surface area contributed by atoms with E-state index in [1.165, 1.54) is 199 Å². The Hall–Kier alpha value is -2.28. The Balaban J connectivity index is 2.58. The van der Waals surface area contributed by atoms with Gasteiger partial charge in [-0.2, -0.15) is 0 Å². The minimum absolute atomic E-state index is 0.0706. The number of aliphatic hydroxyl groups is 2. The van der Waals surface area contributed by atoms with Gasteiger partial charge in [0.25, 0.3) is 0 Å². The molecule has 6 atom stereocenters. The number of rotatable bonds is 54. The van der Waals surface area contributed by atoms with Crippen LogP contribution in [0, 0.1) is 0 Å². The minimum Gasteiger partial charge on any atom is -0.479 e. The summed E-state index contributed by atoms with van der Waals surface area (Å²) in [5.41, 5.74) is 0. The predicted octanol–water partition coefficient (Wildman–Crippen LogP) is 15.9. The predicted molar refractivity (Wildman–Crippen MR) is 294 cm³/mol. The Bertz CT molecular complexity index is 1280. The molecule has 0 aromatic rings. The van der Waals surface area contributed by atoms with Gasteiger partial charge in [0.2, 0.25) is 0 Å². The first kappa shape index (κ1) is 68.7. The molecule has 73 heavy (non-hydrogen) atoms. The van der Waals surface area contributed by atoms with E-state index in [0.717, 1.165) is 57.8 Å². The van der Waals surface area contributed by atoms with Gasteiger partial charge in [0.1, 0.15) is 18.8 Å². The van der Waals surface area contributed by atoms with Crippen LogP contribution in [-0.4, -0.2) is 89.2 Å². The van der Waals surface area contributed by atoms with Crippen LogP contribution < -0.4 is 0 Å². The molecule has 0 aromatic carbocycles. The number of carboxylic acid groups (broad SMARTS) is 1. The molecule has 1 rings (SSSR count). The Morgan fingerprint density at radius 2 is 0.699 bits per heavy atom. The van der Waals surface area contributed by atoms with E-state index in [0.29, 0.717) is 19.3 Å². The van der Waals surface area contributed by atoms with E-state index < -0.39 is 67.3 Å². The molecule has 0 aromatic heterocycles. The average molecular weight is 1040 g/mol. The molecule has 12 heteroatoms. The highest BCUT2D eigenvalue weighted by Crippen LogP contribution is 2.27. The van der Waals surface area contributed by atoms with Gasteiger partial charge >= 0.3 is 23.9 Å². The lowest BCUT2D eigenvalue weighted by atomic mass is 9.98. The van der Waals surface area contributed by atoms with Gasteiger partial charge in [-0.15, -0.1) is 0 Å². The highest BCUT2D eigenvalue weighted by atomic mass is 16.7. The number of carbonyl (C=O) groups is 4.